The Morgan fingerprint density at radius 3 is 2.83 bits per heavy atom. The van der Waals surface area contributed by atoms with Gasteiger partial charge in [0.05, 0.1) is 28.7 Å². The average Bonchev–Trinajstić information content (AvgIpc) is 3.19. The second-order valence-electron chi connectivity index (χ2n) is 7.25. The van der Waals surface area contributed by atoms with E-state index in [1.54, 1.807) is 16.8 Å². The van der Waals surface area contributed by atoms with Crippen molar-refractivity contribution in [2.45, 2.75) is 18.9 Å². The van der Waals surface area contributed by atoms with Crippen molar-refractivity contribution in [3.05, 3.63) is 59.9 Å². The Morgan fingerprint density at radius 2 is 2.10 bits per heavy atom. The van der Waals surface area contributed by atoms with Gasteiger partial charge in [0.1, 0.15) is 18.4 Å². The summed E-state index contributed by atoms with van der Waals surface area (Å²) in [5, 5.41) is 8.20. The Balaban J connectivity index is 1.77. The van der Waals surface area contributed by atoms with Gasteiger partial charge in [-0.2, -0.15) is 5.10 Å². The van der Waals surface area contributed by atoms with Crippen molar-refractivity contribution in [2.24, 2.45) is 0 Å². The van der Waals surface area contributed by atoms with Crippen LogP contribution in [0.25, 0.3) is 10.9 Å². The SMILES string of the molecule is C=CC(=O)[NH+]1CCC[C@@H](n2nc(C(=O)Nc3ccccc3)c3c(N)ncc(Cl)c32)C1. The number of hydrogen-bond donors (Lipinski definition) is 3. The zero-order valence-corrected chi connectivity index (χ0v) is 17.0. The molecule has 1 aromatic carbocycles. The molecule has 1 saturated heterocycles. The lowest BCUT2D eigenvalue weighted by Crippen LogP contribution is -3.15. The second kappa shape index (κ2) is 8.25. The lowest BCUT2D eigenvalue weighted by molar-refractivity contribution is -0.826. The van der Waals surface area contributed by atoms with Crippen molar-refractivity contribution < 1.29 is 14.5 Å². The van der Waals surface area contributed by atoms with Crippen LogP contribution in [0, 0.1) is 0 Å². The minimum Gasteiger partial charge on any atom is -0.383 e. The van der Waals surface area contributed by atoms with Crippen LogP contribution in [0.4, 0.5) is 11.5 Å². The summed E-state index contributed by atoms with van der Waals surface area (Å²) in [4.78, 5) is 30.1. The molecule has 0 saturated carbocycles. The molecule has 2 aromatic heterocycles. The maximum atomic E-state index is 13.0. The third-order valence-electron chi connectivity index (χ3n) is 5.33. The number of aromatic nitrogens is 3. The van der Waals surface area contributed by atoms with E-state index in [2.05, 4.69) is 22.0 Å². The molecule has 1 aliphatic heterocycles. The number of rotatable bonds is 4. The number of fused-ring (bicyclic) bond motifs is 1. The van der Waals surface area contributed by atoms with Gasteiger partial charge >= 0.3 is 5.91 Å². The van der Waals surface area contributed by atoms with Crippen LogP contribution in [0.5, 0.6) is 0 Å². The summed E-state index contributed by atoms with van der Waals surface area (Å²) < 4.78 is 1.73. The van der Waals surface area contributed by atoms with Crippen molar-refractivity contribution in [1.82, 2.24) is 14.8 Å². The summed E-state index contributed by atoms with van der Waals surface area (Å²) in [7, 11) is 0. The molecule has 4 rings (SSSR count). The van der Waals surface area contributed by atoms with E-state index in [1.165, 1.54) is 12.3 Å². The highest BCUT2D eigenvalue weighted by molar-refractivity contribution is 6.36. The van der Waals surface area contributed by atoms with E-state index < -0.39 is 5.91 Å². The van der Waals surface area contributed by atoms with Crippen LogP contribution < -0.4 is 16.0 Å². The topological polar surface area (TPSA) is 107 Å². The number of nitrogens with one attached hydrogen (secondary N) is 2. The first-order chi connectivity index (χ1) is 14.5. The number of pyridine rings is 1. The van der Waals surface area contributed by atoms with Crippen molar-refractivity contribution in [2.75, 3.05) is 24.1 Å². The number of likely N-dealkylation sites (tertiary alicyclic amines) is 1. The zero-order valence-electron chi connectivity index (χ0n) is 16.3. The Labute approximate surface area is 178 Å². The van der Waals surface area contributed by atoms with Crippen LogP contribution in [0.1, 0.15) is 29.4 Å². The monoisotopic (exact) mass is 425 g/mol. The average molecular weight is 426 g/mol. The van der Waals surface area contributed by atoms with Crippen LogP contribution in [0.3, 0.4) is 0 Å². The Bertz CT molecular complexity index is 1130. The van der Waals surface area contributed by atoms with Gasteiger partial charge < -0.3 is 11.1 Å². The van der Waals surface area contributed by atoms with E-state index in [0.717, 1.165) is 24.3 Å². The van der Waals surface area contributed by atoms with E-state index in [-0.39, 0.29) is 23.5 Å². The number of benzene rings is 1. The van der Waals surface area contributed by atoms with E-state index in [0.29, 0.717) is 28.2 Å². The second-order valence-corrected chi connectivity index (χ2v) is 7.66. The molecule has 9 heteroatoms. The number of carbonyl (C=O) groups excluding carboxylic acids is 2. The molecule has 4 N–H and O–H groups in total. The summed E-state index contributed by atoms with van der Waals surface area (Å²) in [5.41, 5.74) is 7.47. The number of quaternary nitrogens is 1. The van der Waals surface area contributed by atoms with Crippen molar-refractivity contribution in [1.29, 1.82) is 0 Å². The normalized spacial score (nSPS) is 18.8. The minimum atomic E-state index is -0.400. The van der Waals surface area contributed by atoms with Crippen molar-refractivity contribution in [3.8, 4) is 0 Å². The predicted molar refractivity (Wildman–Crippen MR) is 116 cm³/mol. The molecule has 0 bridgehead atoms. The van der Waals surface area contributed by atoms with Gasteiger partial charge in [-0.1, -0.05) is 36.4 Å². The summed E-state index contributed by atoms with van der Waals surface area (Å²) in [6.45, 7) is 4.85. The van der Waals surface area contributed by atoms with E-state index in [9.17, 15) is 9.59 Å². The van der Waals surface area contributed by atoms with Crippen LogP contribution in [0.15, 0.2) is 49.2 Å². The van der Waals surface area contributed by atoms with Gasteiger partial charge in [0.2, 0.25) is 0 Å². The molecule has 3 heterocycles. The Kier molecular flexibility index (Phi) is 5.52. The molecule has 154 valence electrons. The molecule has 1 aliphatic rings. The molecule has 3 aromatic rings. The number of nitrogens with two attached hydrogens (primary N) is 1. The zero-order chi connectivity index (χ0) is 21.3. The number of carbonyl (C=O) groups is 2. The van der Waals surface area contributed by atoms with Crippen LogP contribution in [0.2, 0.25) is 5.02 Å². The molecule has 30 heavy (non-hydrogen) atoms. The summed E-state index contributed by atoms with van der Waals surface area (Å²) in [5.74, 6) is -0.269. The maximum Gasteiger partial charge on any atom is 0.336 e. The molecular weight excluding hydrogens is 404 g/mol. The number of piperidine rings is 1. The van der Waals surface area contributed by atoms with Crippen molar-refractivity contribution in [3.63, 3.8) is 0 Å². The summed E-state index contributed by atoms with van der Waals surface area (Å²) in [6.07, 6.45) is 4.44. The van der Waals surface area contributed by atoms with Gasteiger partial charge in [0, 0.05) is 11.8 Å². The fourth-order valence-corrected chi connectivity index (χ4v) is 4.14. The molecule has 1 fully saturated rings. The number of amides is 2. The van der Waals surface area contributed by atoms with E-state index in [4.69, 9.17) is 17.3 Å². The highest BCUT2D eigenvalue weighted by Crippen LogP contribution is 2.33. The first-order valence-electron chi connectivity index (χ1n) is 9.69. The number of anilines is 2. The van der Waals surface area contributed by atoms with E-state index >= 15 is 0 Å². The Morgan fingerprint density at radius 1 is 1.33 bits per heavy atom. The lowest BCUT2D eigenvalue weighted by Gasteiger charge is -2.28. The molecule has 2 amide bonds. The largest absolute Gasteiger partial charge is 0.383 e. The predicted octanol–water partition coefficient (Wildman–Crippen LogP) is 1.85. The number of nitrogen functional groups attached to an aromatic ring is 1. The van der Waals surface area contributed by atoms with Gasteiger partial charge in [0.15, 0.2) is 5.69 Å². The molecule has 0 radical (unpaired) electrons. The van der Waals surface area contributed by atoms with Crippen LogP contribution >= 0.6 is 11.6 Å². The third kappa shape index (κ3) is 3.67. The first-order valence-corrected chi connectivity index (χ1v) is 10.1. The number of hydrogen-bond acceptors (Lipinski definition) is 5. The Hall–Kier alpha value is -3.23. The number of halogens is 1. The highest BCUT2D eigenvalue weighted by atomic mass is 35.5. The van der Waals surface area contributed by atoms with Crippen LogP contribution in [-0.2, 0) is 4.79 Å². The third-order valence-corrected chi connectivity index (χ3v) is 5.61. The maximum absolute atomic E-state index is 13.0. The van der Waals surface area contributed by atoms with E-state index in [1.807, 2.05) is 18.2 Å². The number of nitrogens with zero attached hydrogens (tertiary/aromatic N) is 3. The van der Waals surface area contributed by atoms with Gasteiger partial charge in [-0.05, 0) is 25.0 Å². The number of para-hydroxylation sites is 1. The lowest BCUT2D eigenvalue weighted by atomic mass is 10.1. The molecule has 8 nitrogen and oxygen atoms in total. The van der Waals surface area contributed by atoms with Crippen LogP contribution in [-0.4, -0.2) is 39.7 Å². The summed E-state index contributed by atoms with van der Waals surface area (Å²) >= 11 is 6.46. The molecule has 2 atom stereocenters. The minimum absolute atomic E-state index is 0.0505. The molecular formula is C21H22ClN6O2+. The van der Waals surface area contributed by atoms with Gasteiger partial charge in [-0.15, -0.1) is 0 Å². The highest BCUT2D eigenvalue weighted by Gasteiger charge is 2.32. The van der Waals surface area contributed by atoms with Gasteiger partial charge in [0.25, 0.3) is 5.91 Å². The molecule has 0 spiro atoms. The summed E-state index contributed by atoms with van der Waals surface area (Å²) in [6, 6.07) is 8.98. The molecule has 0 aliphatic carbocycles. The smallest absolute Gasteiger partial charge is 0.336 e. The fourth-order valence-electron chi connectivity index (χ4n) is 3.91. The molecule has 1 unspecified atom stereocenters. The fraction of sp³-hybridized carbons (Fsp3) is 0.238. The van der Waals surface area contributed by atoms with Gasteiger partial charge in [-0.3, -0.25) is 14.4 Å². The van der Waals surface area contributed by atoms with Gasteiger partial charge in [-0.25, -0.2) is 9.78 Å². The standard InChI is InChI=1S/C21H21ClN6O2/c1-2-16(29)27-10-6-9-14(12-27)28-19-15(22)11-24-20(23)17(19)18(26-28)21(30)25-13-7-4-3-5-8-13/h2-5,7-8,11,14H,1,6,9-10,12H2,(H2,23,24)(H,25,30)/p+1/t14-/m1/s1. The first kappa shape index (κ1) is 20.1. The van der Waals surface area contributed by atoms with Crippen molar-refractivity contribution >= 4 is 45.8 Å². The quantitative estimate of drug-likeness (QED) is 0.553.